The number of fused-ring (bicyclic) bond motifs is 3. The Labute approximate surface area is 134 Å². The molecule has 0 saturated carbocycles. The van der Waals surface area contributed by atoms with E-state index >= 15 is 0 Å². The third kappa shape index (κ3) is 1.77. The summed E-state index contributed by atoms with van der Waals surface area (Å²) < 4.78 is 4.09. The number of hydrogen-bond acceptors (Lipinski definition) is 1. The molecule has 110 valence electrons. The van der Waals surface area contributed by atoms with Crippen molar-refractivity contribution >= 4 is 30.0 Å². The van der Waals surface area contributed by atoms with Crippen LogP contribution in [-0.4, -0.2) is 16.3 Å². The molecule has 0 amide bonds. The molecule has 0 saturated heterocycles. The van der Waals surface area contributed by atoms with Gasteiger partial charge in [0.05, 0.1) is 5.69 Å². The molecule has 0 atom stereocenters. The van der Waals surface area contributed by atoms with Crippen LogP contribution >= 0.6 is 11.5 Å². The zero-order valence-corrected chi connectivity index (χ0v) is 13.7. The number of imidazole rings is 1. The Hall–Kier alpha value is -2.33. The maximum absolute atomic E-state index is 4.83. The van der Waals surface area contributed by atoms with E-state index in [2.05, 4.69) is 60.9 Å². The second-order valence-corrected chi connectivity index (χ2v) is 6.64. The minimum Gasteiger partial charge on any atom is -0.331 e. The van der Waals surface area contributed by atoms with E-state index in [1.807, 2.05) is 10.8 Å². The first-order valence-electron chi connectivity index (χ1n) is 7.26. The smallest absolute Gasteiger partial charge is 0.289 e. The molecule has 0 aliphatic carbocycles. The van der Waals surface area contributed by atoms with E-state index in [0.717, 1.165) is 23.1 Å². The topological polar surface area (TPSA) is 20.0 Å². The van der Waals surface area contributed by atoms with E-state index in [9.17, 15) is 0 Å². The van der Waals surface area contributed by atoms with Crippen molar-refractivity contribution in [1.82, 2.24) is 4.98 Å². The van der Waals surface area contributed by atoms with E-state index in [-0.39, 0.29) is 0 Å². The van der Waals surface area contributed by atoms with Crippen molar-refractivity contribution in [1.29, 1.82) is 0 Å². The summed E-state index contributed by atoms with van der Waals surface area (Å²) in [6.07, 6.45) is 4.10. The molecular formula is C18H17N3S. The van der Waals surface area contributed by atoms with Gasteiger partial charge in [0.15, 0.2) is 0 Å². The monoisotopic (exact) mass is 307 g/mol. The molecule has 3 nitrogen and oxygen atoms in total. The lowest BCUT2D eigenvalue weighted by Gasteiger charge is -2.26. The van der Waals surface area contributed by atoms with Gasteiger partial charge in [-0.2, -0.15) is 4.98 Å². The van der Waals surface area contributed by atoms with Gasteiger partial charge >= 0.3 is 0 Å². The highest BCUT2D eigenvalue weighted by molar-refractivity contribution is 6.99. The van der Waals surface area contributed by atoms with Crippen LogP contribution in [0.15, 0.2) is 29.8 Å². The lowest BCUT2D eigenvalue weighted by Crippen LogP contribution is -2.24. The number of benzene rings is 1. The van der Waals surface area contributed by atoms with E-state index in [1.54, 1.807) is 11.5 Å². The van der Waals surface area contributed by atoms with Crippen molar-refractivity contribution in [2.24, 2.45) is 0 Å². The Bertz CT molecular complexity index is 943. The Morgan fingerprint density at radius 1 is 1.27 bits per heavy atom. The Balaban J connectivity index is 2.00. The minimum atomic E-state index is 0.995. The SMILES string of the molecule is C=[N+]1C=C[c-]2c(nc3c[cH-][s+][n+]32)[C-]1c1cc(C)cc(C)c1C. The zero-order chi connectivity index (χ0) is 15.4. The van der Waals surface area contributed by atoms with E-state index in [4.69, 9.17) is 4.98 Å². The van der Waals surface area contributed by atoms with Gasteiger partial charge in [-0.1, -0.05) is 29.3 Å². The van der Waals surface area contributed by atoms with E-state index in [1.165, 1.54) is 22.3 Å². The molecule has 3 aromatic rings. The van der Waals surface area contributed by atoms with Gasteiger partial charge in [-0.05, 0) is 31.9 Å². The average Bonchev–Trinajstić information content (AvgIpc) is 3.03. The number of rotatable bonds is 1. The molecule has 0 spiro atoms. The third-order valence-electron chi connectivity index (χ3n) is 4.27. The fourth-order valence-corrected chi connectivity index (χ4v) is 3.84. The summed E-state index contributed by atoms with van der Waals surface area (Å²) in [6, 6.07) is 7.58. The van der Waals surface area contributed by atoms with E-state index < -0.39 is 0 Å². The summed E-state index contributed by atoms with van der Waals surface area (Å²) in [4.78, 5) is 4.83. The predicted octanol–water partition coefficient (Wildman–Crippen LogP) is 3.15. The Kier molecular flexibility index (Phi) is 2.78. The molecule has 0 fully saturated rings. The highest BCUT2D eigenvalue weighted by Gasteiger charge is 2.29. The third-order valence-corrected chi connectivity index (χ3v) is 5.12. The molecular weight excluding hydrogens is 290 g/mol. The lowest BCUT2D eigenvalue weighted by molar-refractivity contribution is -0.444. The van der Waals surface area contributed by atoms with Gasteiger partial charge in [0.1, 0.15) is 23.8 Å². The van der Waals surface area contributed by atoms with Gasteiger partial charge in [0.25, 0.3) is 11.5 Å². The number of aryl methyl sites for hydroxylation is 2. The van der Waals surface area contributed by atoms with Crippen molar-refractivity contribution in [3.63, 3.8) is 0 Å². The first-order valence-corrected chi connectivity index (χ1v) is 8.10. The van der Waals surface area contributed by atoms with Crippen LogP contribution in [0.2, 0.25) is 0 Å². The van der Waals surface area contributed by atoms with Crippen molar-refractivity contribution in [2.45, 2.75) is 20.8 Å². The van der Waals surface area contributed by atoms with Crippen LogP contribution < -0.4 is 3.79 Å². The second-order valence-electron chi connectivity index (χ2n) is 5.79. The minimum absolute atomic E-state index is 0.995. The predicted molar refractivity (Wildman–Crippen MR) is 89.4 cm³/mol. The maximum Gasteiger partial charge on any atom is 0.289 e. The first-order chi connectivity index (χ1) is 10.6. The number of hydrogen-bond donors (Lipinski definition) is 0. The molecule has 4 heteroatoms. The molecule has 22 heavy (non-hydrogen) atoms. The normalized spacial score (nSPS) is 14.0. The molecule has 1 aliphatic rings. The highest BCUT2D eigenvalue weighted by atomic mass is 32.1. The quantitative estimate of drug-likeness (QED) is 0.384. The summed E-state index contributed by atoms with van der Waals surface area (Å²) >= 11 is 1.67. The molecule has 0 radical (unpaired) electrons. The first kappa shape index (κ1) is 13.3. The summed E-state index contributed by atoms with van der Waals surface area (Å²) in [7, 11) is 0. The van der Waals surface area contributed by atoms with Crippen molar-refractivity contribution < 1.29 is 8.37 Å². The van der Waals surface area contributed by atoms with Crippen LogP contribution in [0.4, 0.5) is 0 Å². The number of aromatic nitrogens is 2. The van der Waals surface area contributed by atoms with Gasteiger partial charge in [-0.3, -0.25) is 0 Å². The molecule has 3 heterocycles. The fraction of sp³-hybridized carbons (Fsp3) is 0.167. The van der Waals surface area contributed by atoms with Gasteiger partial charge in [-0.25, -0.2) is 0 Å². The fourth-order valence-electron chi connectivity index (χ4n) is 3.06. The average molecular weight is 307 g/mol. The van der Waals surface area contributed by atoms with Crippen LogP contribution in [0.5, 0.6) is 0 Å². The van der Waals surface area contributed by atoms with Crippen molar-refractivity contribution in [3.8, 4) is 0 Å². The van der Waals surface area contributed by atoms with Crippen LogP contribution in [0.3, 0.4) is 0 Å². The van der Waals surface area contributed by atoms with E-state index in [0.29, 0.717) is 0 Å². The van der Waals surface area contributed by atoms with Crippen LogP contribution in [-0.2, 0) is 0 Å². The standard InChI is InChI=1S/C18H17N3S/c1-11-9-12(2)13(3)14(10-11)18-17-15(5-7-20(18)4)21-16(19-17)6-8-22-21/h5-10H,4H2,1-3H3. The van der Waals surface area contributed by atoms with Crippen LogP contribution in [0.1, 0.15) is 33.6 Å². The molecule has 0 unspecified atom stereocenters. The van der Waals surface area contributed by atoms with Gasteiger partial charge < -0.3 is 4.58 Å². The second kappa shape index (κ2) is 4.58. The molecule has 1 aliphatic heterocycles. The van der Waals surface area contributed by atoms with Gasteiger partial charge in [0, 0.05) is 6.20 Å². The Morgan fingerprint density at radius 2 is 2.09 bits per heavy atom. The summed E-state index contributed by atoms with van der Waals surface area (Å²) in [5, 5.41) is 2.06. The number of nitrogens with zero attached hydrogens (tertiary/aromatic N) is 3. The summed E-state index contributed by atoms with van der Waals surface area (Å²) in [5.41, 5.74) is 8.20. The van der Waals surface area contributed by atoms with Gasteiger partial charge in [0.2, 0.25) is 5.65 Å². The van der Waals surface area contributed by atoms with Crippen LogP contribution in [0.25, 0.3) is 11.7 Å². The maximum atomic E-state index is 4.83. The molecule has 0 bridgehead atoms. The summed E-state index contributed by atoms with van der Waals surface area (Å²) in [5.74, 6) is 0. The van der Waals surface area contributed by atoms with Gasteiger partial charge in [-0.15, -0.1) is 9.87 Å². The van der Waals surface area contributed by atoms with Crippen molar-refractivity contribution in [3.05, 3.63) is 69.5 Å². The van der Waals surface area contributed by atoms with Crippen molar-refractivity contribution in [2.75, 3.05) is 0 Å². The summed E-state index contributed by atoms with van der Waals surface area (Å²) in [6.45, 7) is 10.6. The largest absolute Gasteiger partial charge is 0.331 e. The molecule has 2 aromatic heterocycles. The zero-order valence-electron chi connectivity index (χ0n) is 12.9. The highest BCUT2D eigenvalue weighted by Crippen LogP contribution is 2.33. The molecule has 0 N–H and O–H groups in total. The van der Waals surface area contributed by atoms with Crippen LogP contribution in [0, 0.1) is 26.8 Å². The lowest BCUT2D eigenvalue weighted by atomic mass is 9.91. The molecule has 4 rings (SSSR count). The molecule has 1 aromatic carbocycles. The Morgan fingerprint density at radius 3 is 2.91 bits per heavy atom.